The fraction of sp³-hybridized carbons (Fsp3) is 0.167. The van der Waals surface area contributed by atoms with Gasteiger partial charge >= 0.3 is 0 Å². The number of fused-ring (bicyclic) bond motifs is 1. The lowest BCUT2D eigenvalue weighted by atomic mass is 10.1. The first-order valence-corrected chi connectivity index (χ1v) is 7.89. The molecule has 0 spiro atoms. The van der Waals surface area contributed by atoms with E-state index in [2.05, 4.69) is 45.7 Å². The highest BCUT2D eigenvalue weighted by atomic mass is 16.7. The van der Waals surface area contributed by atoms with Crippen molar-refractivity contribution < 1.29 is 9.47 Å². The van der Waals surface area contributed by atoms with E-state index in [0.29, 0.717) is 17.5 Å². The van der Waals surface area contributed by atoms with Crippen LogP contribution >= 0.6 is 0 Å². The summed E-state index contributed by atoms with van der Waals surface area (Å²) < 4.78 is 10.7. The monoisotopic (exact) mass is 335 g/mol. The maximum Gasteiger partial charge on any atom is 0.249 e. The Bertz CT molecular complexity index is 929. The van der Waals surface area contributed by atoms with E-state index >= 15 is 0 Å². The fourth-order valence-corrected chi connectivity index (χ4v) is 2.54. The van der Waals surface area contributed by atoms with Crippen LogP contribution in [0.25, 0.3) is 0 Å². The largest absolute Gasteiger partial charge is 0.454 e. The number of hydrogen-bond acceptors (Lipinski definition) is 7. The number of hydrogen-bond donors (Lipinski definition) is 2. The van der Waals surface area contributed by atoms with Gasteiger partial charge < -0.3 is 20.1 Å². The highest BCUT2D eigenvalue weighted by molar-refractivity contribution is 5.64. The van der Waals surface area contributed by atoms with Crippen molar-refractivity contribution in [3.05, 3.63) is 53.7 Å². The first-order chi connectivity index (χ1) is 12.2. The van der Waals surface area contributed by atoms with Crippen LogP contribution in [0, 0.1) is 13.8 Å². The van der Waals surface area contributed by atoms with E-state index in [9.17, 15) is 0 Å². The summed E-state index contributed by atoms with van der Waals surface area (Å²) in [5.74, 6) is 2.44. The molecule has 3 aromatic rings. The summed E-state index contributed by atoms with van der Waals surface area (Å²) in [4.78, 5) is 4.46. The molecule has 4 rings (SSSR count). The highest BCUT2D eigenvalue weighted by Gasteiger charge is 2.13. The van der Waals surface area contributed by atoms with Crippen molar-refractivity contribution in [2.24, 2.45) is 0 Å². The minimum absolute atomic E-state index is 0.242. The van der Waals surface area contributed by atoms with Crippen molar-refractivity contribution >= 4 is 23.1 Å². The number of benzene rings is 2. The van der Waals surface area contributed by atoms with Crippen LogP contribution in [0.15, 0.2) is 42.6 Å². The van der Waals surface area contributed by atoms with Gasteiger partial charge in [0.15, 0.2) is 17.3 Å². The Balaban J connectivity index is 1.54. The molecule has 7 nitrogen and oxygen atoms in total. The Kier molecular flexibility index (Phi) is 3.81. The molecule has 0 aliphatic carbocycles. The SMILES string of the molecule is Cc1cccc(Nc2cnnc(Nc3ccc4c(c3)OCO4)n2)c1C. The van der Waals surface area contributed by atoms with Gasteiger partial charge in [0, 0.05) is 17.4 Å². The first kappa shape index (κ1) is 15.2. The van der Waals surface area contributed by atoms with Gasteiger partial charge in [0.25, 0.3) is 0 Å². The first-order valence-electron chi connectivity index (χ1n) is 7.89. The molecule has 0 fully saturated rings. The van der Waals surface area contributed by atoms with Crippen LogP contribution in [0.4, 0.5) is 23.1 Å². The fourth-order valence-electron chi connectivity index (χ4n) is 2.54. The normalized spacial score (nSPS) is 12.1. The summed E-state index contributed by atoms with van der Waals surface area (Å²) >= 11 is 0. The zero-order chi connectivity index (χ0) is 17.2. The molecule has 25 heavy (non-hydrogen) atoms. The maximum absolute atomic E-state index is 5.37. The molecular weight excluding hydrogens is 318 g/mol. The zero-order valence-corrected chi connectivity index (χ0v) is 13.9. The number of nitrogens with one attached hydrogen (secondary N) is 2. The van der Waals surface area contributed by atoms with Gasteiger partial charge in [-0.05, 0) is 43.2 Å². The Labute approximate surface area is 145 Å². The average Bonchev–Trinajstić information content (AvgIpc) is 3.07. The summed E-state index contributed by atoms with van der Waals surface area (Å²) in [6.45, 7) is 4.38. The lowest BCUT2D eigenvalue weighted by Crippen LogP contribution is -2.03. The molecule has 0 atom stereocenters. The number of rotatable bonds is 4. The van der Waals surface area contributed by atoms with Gasteiger partial charge in [0.1, 0.15) is 0 Å². The van der Waals surface area contributed by atoms with Crippen molar-refractivity contribution in [3.8, 4) is 11.5 Å². The van der Waals surface area contributed by atoms with Crippen molar-refractivity contribution in [1.29, 1.82) is 0 Å². The number of aryl methyl sites for hydroxylation is 1. The molecule has 0 amide bonds. The van der Waals surface area contributed by atoms with E-state index < -0.39 is 0 Å². The summed E-state index contributed by atoms with van der Waals surface area (Å²) in [5.41, 5.74) is 4.18. The lowest BCUT2D eigenvalue weighted by molar-refractivity contribution is 0.174. The highest BCUT2D eigenvalue weighted by Crippen LogP contribution is 2.34. The average molecular weight is 335 g/mol. The molecule has 7 heteroatoms. The molecular formula is C18H17N5O2. The van der Waals surface area contributed by atoms with Gasteiger partial charge in [0.2, 0.25) is 12.7 Å². The molecule has 1 aromatic heterocycles. The third kappa shape index (κ3) is 3.16. The Hall–Kier alpha value is -3.35. The van der Waals surface area contributed by atoms with Gasteiger partial charge in [-0.2, -0.15) is 10.1 Å². The number of ether oxygens (including phenoxy) is 2. The molecule has 2 aromatic carbocycles. The van der Waals surface area contributed by atoms with E-state index in [4.69, 9.17) is 9.47 Å². The topological polar surface area (TPSA) is 81.2 Å². The number of nitrogens with zero attached hydrogens (tertiary/aromatic N) is 3. The Morgan fingerprint density at radius 3 is 2.80 bits per heavy atom. The third-order valence-corrected chi connectivity index (χ3v) is 4.05. The van der Waals surface area contributed by atoms with Crippen LogP contribution in [-0.2, 0) is 0 Å². The van der Waals surface area contributed by atoms with E-state index in [-0.39, 0.29) is 6.79 Å². The summed E-state index contributed by atoms with van der Waals surface area (Å²) in [7, 11) is 0. The Morgan fingerprint density at radius 1 is 1.00 bits per heavy atom. The molecule has 2 N–H and O–H groups in total. The number of anilines is 4. The Morgan fingerprint density at radius 2 is 1.88 bits per heavy atom. The van der Waals surface area contributed by atoms with Gasteiger partial charge in [-0.3, -0.25) is 0 Å². The van der Waals surface area contributed by atoms with Crippen LogP contribution in [0.3, 0.4) is 0 Å². The minimum Gasteiger partial charge on any atom is -0.454 e. The molecule has 1 aliphatic rings. The maximum atomic E-state index is 5.37. The van der Waals surface area contributed by atoms with E-state index in [1.54, 1.807) is 6.20 Å². The van der Waals surface area contributed by atoms with Crippen LogP contribution < -0.4 is 20.1 Å². The van der Waals surface area contributed by atoms with E-state index in [1.165, 1.54) is 11.1 Å². The van der Waals surface area contributed by atoms with Crippen LogP contribution in [0.1, 0.15) is 11.1 Å². The second kappa shape index (κ2) is 6.27. The van der Waals surface area contributed by atoms with Crippen molar-refractivity contribution in [3.63, 3.8) is 0 Å². The quantitative estimate of drug-likeness (QED) is 0.752. The predicted molar refractivity (Wildman–Crippen MR) is 94.9 cm³/mol. The predicted octanol–water partition coefficient (Wildman–Crippen LogP) is 3.70. The molecule has 0 saturated heterocycles. The van der Waals surface area contributed by atoms with Gasteiger partial charge in [-0.25, -0.2) is 0 Å². The van der Waals surface area contributed by atoms with Gasteiger partial charge in [-0.15, -0.1) is 5.10 Å². The van der Waals surface area contributed by atoms with Crippen molar-refractivity contribution in [1.82, 2.24) is 15.2 Å². The smallest absolute Gasteiger partial charge is 0.249 e. The summed E-state index contributed by atoms with van der Waals surface area (Å²) in [6.07, 6.45) is 1.59. The van der Waals surface area contributed by atoms with Crippen LogP contribution in [0.5, 0.6) is 11.5 Å². The molecule has 0 unspecified atom stereocenters. The lowest BCUT2D eigenvalue weighted by Gasteiger charge is -2.11. The molecule has 0 bridgehead atoms. The van der Waals surface area contributed by atoms with Gasteiger partial charge in [0.05, 0.1) is 6.20 Å². The van der Waals surface area contributed by atoms with Crippen LogP contribution in [-0.4, -0.2) is 22.0 Å². The van der Waals surface area contributed by atoms with Gasteiger partial charge in [-0.1, -0.05) is 12.1 Å². The molecule has 126 valence electrons. The summed E-state index contributed by atoms with van der Waals surface area (Å²) in [5, 5.41) is 14.4. The minimum atomic E-state index is 0.242. The molecule has 1 aliphatic heterocycles. The zero-order valence-electron chi connectivity index (χ0n) is 13.9. The standard InChI is InChI=1S/C18H17N5O2/c1-11-4-3-5-14(12(11)2)21-17-9-19-23-18(22-17)20-13-6-7-15-16(8-13)25-10-24-15/h3-9H,10H2,1-2H3,(H2,20,21,22,23). The number of aromatic nitrogens is 3. The van der Waals surface area contributed by atoms with Crippen LogP contribution in [0.2, 0.25) is 0 Å². The molecule has 0 saturated carbocycles. The molecule has 0 radical (unpaired) electrons. The summed E-state index contributed by atoms with van der Waals surface area (Å²) in [6, 6.07) is 11.7. The van der Waals surface area contributed by atoms with Crippen molar-refractivity contribution in [2.75, 3.05) is 17.4 Å². The van der Waals surface area contributed by atoms with E-state index in [1.807, 2.05) is 30.3 Å². The van der Waals surface area contributed by atoms with Crippen molar-refractivity contribution in [2.45, 2.75) is 13.8 Å². The second-order valence-corrected chi connectivity index (χ2v) is 5.73. The molecule has 2 heterocycles. The second-order valence-electron chi connectivity index (χ2n) is 5.73. The van der Waals surface area contributed by atoms with E-state index in [0.717, 1.165) is 17.1 Å². The third-order valence-electron chi connectivity index (χ3n) is 4.05.